The van der Waals surface area contributed by atoms with Gasteiger partial charge in [0, 0.05) is 11.2 Å². The third-order valence-electron chi connectivity index (χ3n) is 2.60. The van der Waals surface area contributed by atoms with Crippen molar-refractivity contribution in [3.63, 3.8) is 0 Å². The zero-order valence-corrected chi connectivity index (χ0v) is 11.0. The van der Waals surface area contributed by atoms with Gasteiger partial charge in [-0.25, -0.2) is 9.78 Å². The number of carboxylic acid groups (broad SMARTS) is 1. The van der Waals surface area contributed by atoms with Gasteiger partial charge in [-0.3, -0.25) is 0 Å². The molecule has 0 atom stereocenters. The van der Waals surface area contributed by atoms with E-state index in [1.54, 1.807) is 25.1 Å². The number of carboxylic acids is 1. The van der Waals surface area contributed by atoms with E-state index in [-0.39, 0.29) is 18.1 Å². The molecule has 5 heteroatoms. The fourth-order valence-electron chi connectivity index (χ4n) is 1.68. The second-order valence-corrected chi connectivity index (χ2v) is 4.47. The summed E-state index contributed by atoms with van der Waals surface area (Å²) in [6.45, 7) is 1.93. The Morgan fingerprint density at radius 1 is 1.42 bits per heavy atom. The molecule has 0 fully saturated rings. The molecule has 0 spiro atoms. The van der Waals surface area contributed by atoms with Gasteiger partial charge in [0.15, 0.2) is 0 Å². The number of halogens is 1. The maximum Gasteiger partial charge on any atom is 0.341 e. The van der Waals surface area contributed by atoms with Gasteiger partial charge in [-0.15, -0.1) is 0 Å². The average molecular weight is 278 g/mol. The molecule has 1 N–H and O–H groups in total. The minimum absolute atomic E-state index is 0.0875. The summed E-state index contributed by atoms with van der Waals surface area (Å²) in [5.41, 5.74) is 1.56. The summed E-state index contributed by atoms with van der Waals surface area (Å²) in [5.74, 6) is -0.931. The van der Waals surface area contributed by atoms with Gasteiger partial charge in [-0.1, -0.05) is 23.7 Å². The van der Waals surface area contributed by atoms with Gasteiger partial charge in [0.2, 0.25) is 5.88 Å². The number of pyridine rings is 1. The largest absolute Gasteiger partial charge is 0.477 e. The van der Waals surface area contributed by atoms with Crippen molar-refractivity contribution in [3.05, 3.63) is 58.2 Å². The minimum atomic E-state index is -1.05. The lowest BCUT2D eigenvalue weighted by Crippen LogP contribution is -2.07. The Hall–Kier alpha value is -2.07. The summed E-state index contributed by atoms with van der Waals surface area (Å²) in [6, 6.07) is 8.82. The van der Waals surface area contributed by atoms with E-state index in [0.29, 0.717) is 10.6 Å². The molecule has 98 valence electrons. The first-order valence-electron chi connectivity index (χ1n) is 5.64. The van der Waals surface area contributed by atoms with Crippen molar-refractivity contribution in [1.29, 1.82) is 0 Å². The molecular weight excluding hydrogens is 266 g/mol. The van der Waals surface area contributed by atoms with Crippen LogP contribution in [0.4, 0.5) is 0 Å². The van der Waals surface area contributed by atoms with Crippen LogP contribution in [0.2, 0.25) is 5.02 Å². The van der Waals surface area contributed by atoms with Crippen molar-refractivity contribution in [3.8, 4) is 5.88 Å². The molecule has 0 saturated carbocycles. The van der Waals surface area contributed by atoms with Crippen LogP contribution in [0.15, 0.2) is 36.5 Å². The molecule has 1 aromatic carbocycles. The van der Waals surface area contributed by atoms with Crippen LogP contribution in [-0.2, 0) is 6.61 Å². The molecule has 2 rings (SSSR count). The van der Waals surface area contributed by atoms with Crippen molar-refractivity contribution in [1.82, 2.24) is 4.98 Å². The Balaban J connectivity index is 2.20. The molecule has 0 aliphatic rings. The SMILES string of the molecule is Cc1ccnc(OCc2cccc(Cl)c2)c1C(=O)O. The summed E-state index contributed by atoms with van der Waals surface area (Å²) < 4.78 is 5.47. The highest BCUT2D eigenvalue weighted by Gasteiger charge is 2.15. The van der Waals surface area contributed by atoms with Crippen molar-refractivity contribution >= 4 is 17.6 Å². The van der Waals surface area contributed by atoms with Gasteiger partial charge in [0.25, 0.3) is 0 Å². The molecule has 2 aromatic rings. The standard InChI is InChI=1S/C14H12ClNO3/c1-9-5-6-16-13(12(9)14(17)18)19-8-10-3-2-4-11(15)7-10/h2-7H,8H2,1H3,(H,17,18). The molecule has 4 nitrogen and oxygen atoms in total. The zero-order valence-electron chi connectivity index (χ0n) is 10.3. The first-order chi connectivity index (χ1) is 9.08. The lowest BCUT2D eigenvalue weighted by Gasteiger charge is -2.09. The Morgan fingerprint density at radius 3 is 2.89 bits per heavy atom. The van der Waals surface area contributed by atoms with E-state index in [4.69, 9.17) is 21.4 Å². The molecule has 0 amide bonds. The number of hydrogen-bond donors (Lipinski definition) is 1. The molecule has 0 bridgehead atoms. The predicted molar refractivity (Wildman–Crippen MR) is 71.7 cm³/mol. The Labute approximate surface area is 115 Å². The van der Waals surface area contributed by atoms with Gasteiger partial charge >= 0.3 is 5.97 Å². The maximum atomic E-state index is 11.2. The summed E-state index contributed by atoms with van der Waals surface area (Å²) in [4.78, 5) is 15.1. The number of carbonyl (C=O) groups is 1. The number of benzene rings is 1. The predicted octanol–water partition coefficient (Wildman–Crippen LogP) is 3.32. The van der Waals surface area contributed by atoms with Crippen LogP contribution in [0, 0.1) is 6.92 Å². The first-order valence-corrected chi connectivity index (χ1v) is 6.02. The van der Waals surface area contributed by atoms with E-state index >= 15 is 0 Å². The molecule has 0 saturated heterocycles. The number of hydrogen-bond acceptors (Lipinski definition) is 3. The van der Waals surface area contributed by atoms with Crippen molar-refractivity contribution < 1.29 is 14.6 Å². The van der Waals surface area contributed by atoms with E-state index in [2.05, 4.69) is 4.98 Å². The minimum Gasteiger partial charge on any atom is -0.477 e. The van der Waals surface area contributed by atoms with Gasteiger partial charge in [0.05, 0.1) is 0 Å². The van der Waals surface area contributed by atoms with Gasteiger partial charge in [0.1, 0.15) is 12.2 Å². The Bertz CT molecular complexity index is 613. The number of ether oxygens (including phenoxy) is 1. The van der Waals surface area contributed by atoms with E-state index in [9.17, 15) is 4.79 Å². The quantitative estimate of drug-likeness (QED) is 0.931. The molecule has 0 aliphatic carbocycles. The van der Waals surface area contributed by atoms with Gasteiger partial charge in [-0.2, -0.15) is 0 Å². The Kier molecular flexibility index (Phi) is 4.02. The highest BCUT2D eigenvalue weighted by Crippen LogP contribution is 2.20. The van der Waals surface area contributed by atoms with Gasteiger partial charge < -0.3 is 9.84 Å². The second kappa shape index (κ2) is 5.71. The third-order valence-corrected chi connectivity index (χ3v) is 2.84. The fourth-order valence-corrected chi connectivity index (χ4v) is 1.89. The molecule has 0 unspecified atom stereocenters. The van der Waals surface area contributed by atoms with Crippen LogP contribution in [0.5, 0.6) is 5.88 Å². The molecular formula is C14H12ClNO3. The second-order valence-electron chi connectivity index (χ2n) is 4.03. The molecule has 19 heavy (non-hydrogen) atoms. The lowest BCUT2D eigenvalue weighted by atomic mass is 10.1. The Morgan fingerprint density at radius 2 is 2.21 bits per heavy atom. The summed E-state index contributed by atoms with van der Waals surface area (Å²) in [5, 5.41) is 9.75. The molecule has 0 aliphatic heterocycles. The topological polar surface area (TPSA) is 59.4 Å². The number of rotatable bonds is 4. The lowest BCUT2D eigenvalue weighted by molar-refractivity contribution is 0.0689. The van der Waals surface area contributed by atoms with E-state index < -0.39 is 5.97 Å². The summed E-state index contributed by atoms with van der Waals surface area (Å²) >= 11 is 5.87. The van der Waals surface area contributed by atoms with Crippen LogP contribution in [0.25, 0.3) is 0 Å². The van der Waals surface area contributed by atoms with E-state index in [0.717, 1.165) is 5.56 Å². The monoisotopic (exact) mass is 277 g/mol. The highest BCUT2D eigenvalue weighted by atomic mass is 35.5. The van der Waals surface area contributed by atoms with E-state index in [1.165, 1.54) is 6.20 Å². The zero-order chi connectivity index (χ0) is 13.8. The van der Waals surface area contributed by atoms with Crippen molar-refractivity contribution in [2.75, 3.05) is 0 Å². The number of aromatic nitrogens is 1. The van der Waals surface area contributed by atoms with Gasteiger partial charge in [-0.05, 0) is 36.2 Å². The third kappa shape index (κ3) is 3.23. The highest BCUT2D eigenvalue weighted by molar-refractivity contribution is 6.30. The van der Waals surface area contributed by atoms with Crippen LogP contribution in [0.1, 0.15) is 21.5 Å². The number of nitrogens with zero attached hydrogens (tertiary/aromatic N) is 1. The van der Waals surface area contributed by atoms with E-state index in [1.807, 2.05) is 12.1 Å². The van der Waals surface area contributed by atoms with Crippen LogP contribution < -0.4 is 4.74 Å². The summed E-state index contributed by atoms with van der Waals surface area (Å²) in [6.07, 6.45) is 1.52. The fraction of sp³-hybridized carbons (Fsp3) is 0.143. The maximum absolute atomic E-state index is 11.2. The molecule has 0 radical (unpaired) electrons. The normalized spacial score (nSPS) is 10.2. The van der Waals surface area contributed by atoms with Crippen LogP contribution in [-0.4, -0.2) is 16.1 Å². The van der Waals surface area contributed by atoms with Crippen molar-refractivity contribution in [2.45, 2.75) is 13.5 Å². The molecule has 1 aromatic heterocycles. The van der Waals surface area contributed by atoms with Crippen molar-refractivity contribution in [2.24, 2.45) is 0 Å². The number of aromatic carboxylic acids is 1. The van der Waals surface area contributed by atoms with Crippen LogP contribution >= 0.6 is 11.6 Å². The average Bonchev–Trinajstić information content (AvgIpc) is 2.36. The first kappa shape index (κ1) is 13.4. The van der Waals surface area contributed by atoms with Crippen LogP contribution in [0.3, 0.4) is 0 Å². The molecule has 1 heterocycles. The summed E-state index contributed by atoms with van der Waals surface area (Å²) in [7, 11) is 0. The smallest absolute Gasteiger partial charge is 0.341 e. The number of aryl methyl sites for hydroxylation is 1.